The zero-order chi connectivity index (χ0) is 19.9. The van der Waals surface area contributed by atoms with Crippen LogP contribution in [0.25, 0.3) is 17.0 Å². The van der Waals surface area contributed by atoms with Crippen LogP contribution in [0.3, 0.4) is 0 Å². The highest BCUT2D eigenvalue weighted by atomic mass is 16.1. The summed E-state index contributed by atoms with van der Waals surface area (Å²) in [6, 6.07) is 28.8. The second kappa shape index (κ2) is 9.07. The van der Waals surface area contributed by atoms with Crippen LogP contribution in [0.1, 0.15) is 16.7 Å². The Balaban J connectivity index is 1.42. The third-order valence-corrected chi connectivity index (χ3v) is 4.99. The van der Waals surface area contributed by atoms with Crippen molar-refractivity contribution >= 4 is 22.9 Å². The first-order valence-corrected chi connectivity index (χ1v) is 9.91. The van der Waals surface area contributed by atoms with Crippen LogP contribution < -0.4 is 5.32 Å². The number of nitrogens with one attached hydrogen (secondary N) is 1. The Morgan fingerprint density at radius 3 is 2.34 bits per heavy atom. The molecule has 1 aromatic heterocycles. The van der Waals surface area contributed by atoms with Gasteiger partial charge in [0.15, 0.2) is 0 Å². The van der Waals surface area contributed by atoms with Crippen LogP contribution in [0.2, 0.25) is 0 Å². The number of aromatic nitrogens is 1. The molecule has 0 saturated carbocycles. The number of para-hydroxylation sites is 1. The maximum absolute atomic E-state index is 12.1. The summed E-state index contributed by atoms with van der Waals surface area (Å²) in [6.45, 7) is 1.45. The fourth-order valence-electron chi connectivity index (χ4n) is 3.55. The lowest BCUT2D eigenvalue weighted by molar-refractivity contribution is -0.116. The monoisotopic (exact) mass is 380 g/mol. The molecule has 0 unspecified atom stereocenters. The van der Waals surface area contributed by atoms with Gasteiger partial charge in [-0.15, -0.1) is 0 Å². The summed E-state index contributed by atoms with van der Waals surface area (Å²) in [5.74, 6) is -0.0677. The fraction of sp³-hybridized carbons (Fsp3) is 0.115. The van der Waals surface area contributed by atoms with Gasteiger partial charge in [0.05, 0.1) is 0 Å². The molecule has 3 aromatic carbocycles. The highest BCUT2D eigenvalue weighted by molar-refractivity contribution is 5.91. The molecule has 29 heavy (non-hydrogen) atoms. The molecule has 1 heterocycles. The molecule has 0 aliphatic heterocycles. The van der Waals surface area contributed by atoms with E-state index in [0.29, 0.717) is 6.54 Å². The molecular formula is C26H24N2O. The predicted octanol–water partition coefficient (Wildman–Crippen LogP) is 5.06. The Kier molecular flexibility index (Phi) is 5.87. The molecule has 0 bridgehead atoms. The summed E-state index contributed by atoms with van der Waals surface area (Å²) in [7, 11) is 0. The van der Waals surface area contributed by atoms with E-state index < -0.39 is 0 Å². The van der Waals surface area contributed by atoms with E-state index in [9.17, 15) is 4.79 Å². The van der Waals surface area contributed by atoms with Crippen molar-refractivity contribution in [2.75, 3.05) is 6.54 Å². The average Bonchev–Trinajstić information content (AvgIpc) is 3.11. The van der Waals surface area contributed by atoms with Gasteiger partial charge in [0.2, 0.25) is 5.91 Å². The van der Waals surface area contributed by atoms with Gasteiger partial charge in [-0.25, -0.2) is 0 Å². The quantitative estimate of drug-likeness (QED) is 0.447. The smallest absolute Gasteiger partial charge is 0.244 e. The molecule has 0 aliphatic carbocycles. The van der Waals surface area contributed by atoms with E-state index in [1.807, 2.05) is 42.5 Å². The molecule has 0 atom stereocenters. The summed E-state index contributed by atoms with van der Waals surface area (Å²) >= 11 is 0. The first kappa shape index (κ1) is 18.8. The topological polar surface area (TPSA) is 34.0 Å². The lowest BCUT2D eigenvalue weighted by Gasteiger charge is -2.05. The second-order valence-electron chi connectivity index (χ2n) is 7.07. The van der Waals surface area contributed by atoms with E-state index >= 15 is 0 Å². The highest BCUT2D eigenvalue weighted by Crippen LogP contribution is 2.22. The molecule has 0 aliphatic rings. The number of nitrogens with zero attached hydrogens (tertiary/aromatic N) is 1. The van der Waals surface area contributed by atoms with Crippen molar-refractivity contribution in [3.63, 3.8) is 0 Å². The molecule has 144 valence electrons. The van der Waals surface area contributed by atoms with Crippen molar-refractivity contribution in [3.05, 3.63) is 114 Å². The molecule has 4 rings (SSSR count). The van der Waals surface area contributed by atoms with Gasteiger partial charge >= 0.3 is 0 Å². The van der Waals surface area contributed by atoms with Crippen molar-refractivity contribution in [3.8, 4) is 0 Å². The predicted molar refractivity (Wildman–Crippen MR) is 120 cm³/mol. The molecule has 0 spiro atoms. The van der Waals surface area contributed by atoms with Crippen molar-refractivity contribution in [2.24, 2.45) is 0 Å². The van der Waals surface area contributed by atoms with Gasteiger partial charge < -0.3 is 9.88 Å². The molecule has 1 N–H and O–H groups in total. The number of carbonyl (C=O) groups excluding carboxylic acids is 1. The second-order valence-corrected chi connectivity index (χ2v) is 7.07. The zero-order valence-electron chi connectivity index (χ0n) is 16.3. The van der Waals surface area contributed by atoms with Crippen LogP contribution in [0.15, 0.2) is 97.2 Å². The normalized spacial score (nSPS) is 11.2. The van der Waals surface area contributed by atoms with Crippen LogP contribution >= 0.6 is 0 Å². The van der Waals surface area contributed by atoms with Crippen molar-refractivity contribution in [2.45, 2.75) is 13.0 Å². The van der Waals surface area contributed by atoms with Crippen LogP contribution in [0.5, 0.6) is 0 Å². The Hall–Kier alpha value is -3.59. The summed E-state index contributed by atoms with van der Waals surface area (Å²) in [6.07, 6.45) is 6.44. The van der Waals surface area contributed by atoms with Gasteiger partial charge in [-0.3, -0.25) is 4.79 Å². The minimum Gasteiger partial charge on any atom is -0.352 e. The third kappa shape index (κ3) is 4.82. The molecule has 0 saturated heterocycles. The molecule has 0 fully saturated rings. The standard InChI is InChI=1S/C26H24N2O/c29-26(16-15-21-9-3-1-4-10-21)27-18-17-23-20-28(19-22-11-5-2-6-12-22)25-14-8-7-13-24(23)25/h1-16,20H,17-19H2,(H,27,29)/b16-15+. The van der Waals surface area contributed by atoms with Crippen LogP contribution in [0, 0.1) is 0 Å². The Labute approximate surface area is 171 Å². The van der Waals surface area contributed by atoms with Gasteiger partial charge in [-0.05, 0) is 35.3 Å². The van der Waals surface area contributed by atoms with E-state index in [0.717, 1.165) is 18.5 Å². The van der Waals surface area contributed by atoms with E-state index in [1.54, 1.807) is 6.08 Å². The number of carbonyl (C=O) groups is 1. The number of amides is 1. The average molecular weight is 380 g/mol. The van der Waals surface area contributed by atoms with Crippen LogP contribution in [0.4, 0.5) is 0 Å². The van der Waals surface area contributed by atoms with Crippen molar-refractivity contribution < 1.29 is 4.79 Å². The number of benzene rings is 3. The maximum Gasteiger partial charge on any atom is 0.244 e. The van der Waals surface area contributed by atoms with Gasteiger partial charge in [0.25, 0.3) is 0 Å². The molecular weight excluding hydrogens is 356 g/mol. The lowest BCUT2D eigenvalue weighted by Crippen LogP contribution is -2.23. The molecule has 3 nitrogen and oxygen atoms in total. The molecule has 0 radical (unpaired) electrons. The minimum atomic E-state index is -0.0677. The van der Waals surface area contributed by atoms with E-state index in [1.165, 1.54) is 22.0 Å². The summed E-state index contributed by atoms with van der Waals surface area (Å²) < 4.78 is 2.29. The number of rotatable bonds is 7. The van der Waals surface area contributed by atoms with E-state index in [-0.39, 0.29) is 5.91 Å². The minimum absolute atomic E-state index is 0.0677. The first-order valence-electron chi connectivity index (χ1n) is 9.91. The van der Waals surface area contributed by atoms with Crippen LogP contribution in [-0.2, 0) is 17.8 Å². The molecule has 4 aromatic rings. The van der Waals surface area contributed by atoms with Gasteiger partial charge in [-0.1, -0.05) is 78.9 Å². The van der Waals surface area contributed by atoms with E-state index in [4.69, 9.17) is 0 Å². The highest BCUT2D eigenvalue weighted by Gasteiger charge is 2.08. The van der Waals surface area contributed by atoms with Crippen molar-refractivity contribution in [1.29, 1.82) is 0 Å². The van der Waals surface area contributed by atoms with E-state index in [2.05, 4.69) is 64.6 Å². The summed E-state index contributed by atoms with van der Waals surface area (Å²) in [5.41, 5.74) is 4.77. The molecule has 1 amide bonds. The third-order valence-electron chi connectivity index (χ3n) is 4.99. The number of hydrogen-bond acceptors (Lipinski definition) is 1. The summed E-state index contributed by atoms with van der Waals surface area (Å²) in [4.78, 5) is 12.1. The first-order chi connectivity index (χ1) is 14.3. The molecule has 3 heteroatoms. The fourth-order valence-corrected chi connectivity index (χ4v) is 3.55. The van der Waals surface area contributed by atoms with Gasteiger partial charge in [0.1, 0.15) is 0 Å². The van der Waals surface area contributed by atoms with Gasteiger partial charge in [-0.2, -0.15) is 0 Å². The Morgan fingerprint density at radius 1 is 0.862 bits per heavy atom. The Morgan fingerprint density at radius 2 is 1.55 bits per heavy atom. The SMILES string of the molecule is O=C(/C=C/c1ccccc1)NCCc1cn(Cc2ccccc2)c2ccccc12. The number of fused-ring (bicyclic) bond motifs is 1. The largest absolute Gasteiger partial charge is 0.352 e. The van der Waals surface area contributed by atoms with Gasteiger partial charge in [0, 0.05) is 36.3 Å². The maximum atomic E-state index is 12.1. The number of hydrogen-bond donors (Lipinski definition) is 1. The van der Waals surface area contributed by atoms with Crippen molar-refractivity contribution in [1.82, 2.24) is 9.88 Å². The zero-order valence-corrected chi connectivity index (χ0v) is 16.3. The van der Waals surface area contributed by atoms with Crippen LogP contribution in [-0.4, -0.2) is 17.0 Å². The lowest BCUT2D eigenvalue weighted by atomic mass is 10.1. The Bertz CT molecular complexity index is 1110. The summed E-state index contributed by atoms with van der Waals surface area (Å²) in [5, 5.41) is 4.24.